The standard InChI is InChI=1S/C19H19N3O2S/c1-13(24)16-7-8-17(25-16)18-15-6-2-3-10-22(15)19(20-18)14-5-4-9-21(11-14)12-23/h2-3,6-8,10,12,14H,4-5,9,11H2,1H3. The van der Waals surface area contributed by atoms with Crippen LogP contribution in [-0.2, 0) is 4.79 Å². The molecule has 0 N–H and O–H groups in total. The molecule has 128 valence electrons. The number of piperidine rings is 1. The van der Waals surface area contributed by atoms with Gasteiger partial charge in [0.15, 0.2) is 5.78 Å². The Morgan fingerprint density at radius 3 is 2.96 bits per heavy atom. The number of nitrogens with zero attached hydrogens (tertiary/aromatic N) is 3. The minimum Gasteiger partial charge on any atom is -0.345 e. The molecule has 1 aliphatic heterocycles. The fourth-order valence-corrected chi connectivity index (χ4v) is 4.40. The fourth-order valence-electron chi connectivity index (χ4n) is 3.50. The van der Waals surface area contributed by atoms with Gasteiger partial charge in [-0.1, -0.05) is 6.07 Å². The van der Waals surface area contributed by atoms with E-state index in [4.69, 9.17) is 4.98 Å². The summed E-state index contributed by atoms with van der Waals surface area (Å²) in [4.78, 5) is 31.3. The topological polar surface area (TPSA) is 54.7 Å². The lowest BCUT2D eigenvalue weighted by Gasteiger charge is -2.29. The lowest BCUT2D eigenvalue weighted by atomic mass is 9.98. The average molecular weight is 353 g/mol. The minimum absolute atomic E-state index is 0.0777. The van der Waals surface area contributed by atoms with Gasteiger partial charge in [0.2, 0.25) is 6.41 Å². The maximum atomic E-state index is 11.6. The summed E-state index contributed by atoms with van der Waals surface area (Å²) in [5.74, 6) is 1.30. The first-order chi connectivity index (χ1) is 12.2. The van der Waals surface area contributed by atoms with Crippen LogP contribution in [0.5, 0.6) is 0 Å². The van der Waals surface area contributed by atoms with E-state index in [1.54, 1.807) is 6.92 Å². The van der Waals surface area contributed by atoms with E-state index in [-0.39, 0.29) is 11.7 Å². The summed E-state index contributed by atoms with van der Waals surface area (Å²) in [7, 11) is 0. The van der Waals surface area contributed by atoms with E-state index in [2.05, 4.69) is 10.5 Å². The van der Waals surface area contributed by atoms with Gasteiger partial charge in [-0.2, -0.15) is 0 Å². The molecule has 1 unspecified atom stereocenters. The Kier molecular flexibility index (Phi) is 4.13. The number of rotatable bonds is 4. The van der Waals surface area contributed by atoms with Gasteiger partial charge in [0.05, 0.1) is 15.3 Å². The number of aromatic nitrogens is 2. The molecule has 0 aliphatic carbocycles. The number of likely N-dealkylation sites (tertiary alicyclic amines) is 1. The highest BCUT2D eigenvalue weighted by Crippen LogP contribution is 2.35. The molecule has 0 spiro atoms. The summed E-state index contributed by atoms with van der Waals surface area (Å²) in [6.07, 6.45) is 4.98. The van der Waals surface area contributed by atoms with Crippen LogP contribution in [0.1, 0.15) is 41.2 Å². The zero-order chi connectivity index (χ0) is 17.4. The number of fused-ring (bicyclic) bond motifs is 1. The van der Waals surface area contributed by atoms with Gasteiger partial charge >= 0.3 is 0 Å². The molecule has 4 heterocycles. The number of ketones is 1. The highest BCUT2D eigenvalue weighted by molar-refractivity contribution is 7.17. The van der Waals surface area contributed by atoms with Gasteiger partial charge in [0.25, 0.3) is 0 Å². The Labute approximate surface area is 149 Å². The fraction of sp³-hybridized carbons (Fsp3) is 0.316. The third kappa shape index (κ3) is 2.87. The Balaban J connectivity index is 1.81. The largest absolute Gasteiger partial charge is 0.345 e. The molecule has 4 rings (SSSR count). The van der Waals surface area contributed by atoms with Gasteiger partial charge in [-0.05, 0) is 44.0 Å². The van der Waals surface area contributed by atoms with Crippen LogP contribution < -0.4 is 0 Å². The van der Waals surface area contributed by atoms with Gasteiger partial charge < -0.3 is 9.30 Å². The zero-order valence-electron chi connectivity index (χ0n) is 14.0. The number of hydrogen-bond donors (Lipinski definition) is 0. The van der Waals surface area contributed by atoms with Crippen molar-refractivity contribution in [3.8, 4) is 10.6 Å². The summed E-state index contributed by atoms with van der Waals surface area (Å²) in [6, 6.07) is 9.89. The van der Waals surface area contributed by atoms with Gasteiger partial charge in [0, 0.05) is 25.2 Å². The number of imidazole rings is 1. The smallest absolute Gasteiger partial charge is 0.209 e. The normalized spacial score (nSPS) is 17.8. The van der Waals surface area contributed by atoms with Crippen molar-refractivity contribution in [1.82, 2.24) is 14.3 Å². The van der Waals surface area contributed by atoms with Gasteiger partial charge in [-0.25, -0.2) is 4.98 Å². The molecule has 1 fully saturated rings. The molecule has 1 saturated heterocycles. The Hall–Kier alpha value is -2.47. The number of carbonyl (C=O) groups is 2. The van der Waals surface area contributed by atoms with Crippen molar-refractivity contribution in [2.75, 3.05) is 13.1 Å². The molecule has 6 heteroatoms. The van der Waals surface area contributed by atoms with Crippen LogP contribution in [-0.4, -0.2) is 39.6 Å². The number of pyridine rings is 1. The summed E-state index contributed by atoms with van der Waals surface area (Å²) in [6.45, 7) is 3.12. The highest BCUT2D eigenvalue weighted by Gasteiger charge is 2.26. The summed E-state index contributed by atoms with van der Waals surface area (Å²) < 4.78 is 2.13. The number of carbonyl (C=O) groups excluding carboxylic acids is 2. The second-order valence-electron chi connectivity index (χ2n) is 6.43. The quantitative estimate of drug-likeness (QED) is 0.532. The van der Waals surface area contributed by atoms with Crippen LogP contribution in [0.2, 0.25) is 0 Å². The molecule has 3 aromatic rings. The van der Waals surface area contributed by atoms with Crippen molar-refractivity contribution in [2.45, 2.75) is 25.7 Å². The van der Waals surface area contributed by atoms with E-state index in [1.165, 1.54) is 11.3 Å². The highest BCUT2D eigenvalue weighted by atomic mass is 32.1. The van der Waals surface area contributed by atoms with Crippen molar-refractivity contribution in [2.24, 2.45) is 0 Å². The molecule has 1 amide bonds. The molecule has 1 atom stereocenters. The molecular formula is C19H19N3O2S. The molecule has 0 saturated carbocycles. The number of hydrogen-bond acceptors (Lipinski definition) is 4. The molecular weight excluding hydrogens is 334 g/mol. The monoisotopic (exact) mass is 353 g/mol. The maximum absolute atomic E-state index is 11.6. The first-order valence-corrected chi connectivity index (χ1v) is 9.26. The van der Waals surface area contributed by atoms with E-state index >= 15 is 0 Å². The molecule has 1 aliphatic rings. The molecule has 5 nitrogen and oxygen atoms in total. The van der Waals surface area contributed by atoms with Crippen molar-refractivity contribution in [1.29, 1.82) is 0 Å². The predicted molar refractivity (Wildman–Crippen MR) is 98.1 cm³/mol. The van der Waals surface area contributed by atoms with Crippen molar-refractivity contribution >= 4 is 29.0 Å². The first-order valence-electron chi connectivity index (χ1n) is 8.45. The number of thiophene rings is 1. The van der Waals surface area contributed by atoms with E-state index in [9.17, 15) is 9.59 Å². The molecule has 0 radical (unpaired) electrons. The maximum Gasteiger partial charge on any atom is 0.209 e. The third-order valence-electron chi connectivity index (χ3n) is 4.73. The third-order valence-corrected chi connectivity index (χ3v) is 5.92. The summed E-state index contributed by atoms with van der Waals surface area (Å²) >= 11 is 1.48. The van der Waals surface area contributed by atoms with Gasteiger partial charge in [-0.3, -0.25) is 9.59 Å². The molecule has 25 heavy (non-hydrogen) atoms. The molecule has 0 aromatic carbocycles. The zero-order valence-corrected chi connectivity index (χ0v) is 14.8. The average Bonchev–Trinajstić information content (AvgIpc) is 3.26. The SMILES string of the molecule is CC(=O)c1ccc(-c2nc(C3CCCN(C=O)C3)n3ccccc23)s1. The first kappa shape index (κ1) is 16.0. The van der Waals surface area contributed by atoms with Crippen molar-refractivity contribution in [3.63, 3.8) is 0 Å². The lowest BCUT2D eigenvalue weighted by Crippen LogP contribution is -2.33. The Morgan fingerprint density at radius 1 is 1.32 bits per heavy atom. The van der Waals surface area contributed by atoms with Crippen LogP contribution in [0.15, 0.2) is 36.5 Å². The van der Waals surface area contributed by atoms with Crippen molar-refractivity contribution in [3.05, 3.63) is 47.2 Å². The van der Waals surface area contributed by atoms with E-state index in [0.29, 0.717) is 6.54 Å². The lowest BCUT2D eigenvalue weighted by molar-refractivity contribution is -0.119. The van der Waals surface area contributed by atoms with Gasteiger partial charge in [0.1, 0.15) is 11.5 Å². The molecule has 0 bridgehead atoms. The van der Waals surface area contributed by atoms with Crippen molar-refractivity contribution < 1.29 is 9.59 Å². The van der Waals surface area contributed by atoms with Gasteiger partial charge in [-0.15, -0.1) is 11.3 Å². The Morgan fingerprint density at radius 2 is 2.20 bits per heavy atom. The number of Topliss-reactive ketones (excluding diaryl/α,β-unsaturated/α-hetero) is 1. The molecule has 3 aromatic heterocycles. The van der Waals surface area contributed by atoms with Crippen LogP contribution >= 0.6 is 11.3 Å². The summed E-state index contributed by atoms with van der Waals surface area (Å²) in [5.41, 5.74) is 1.95. The second kappa shape index (κ2) is 6.44. The van der Waals surface area contributed by atoms with Crippen LogP contribution in [0.3, 0.4) is 0 Å². The van der Waals surface area contributed by atoms with Crippen LogP contribution in [0.25, 0.3) is 16.1 Å². The van der Waals surface area contributed by atoms with Crippen LogP contribution in [0.4, 0.5) is 0 Å². The van der Waals surface area contributed by atoms with E-state index in [0.717, 1.165) is 52.6 Å². The minimum atomic E-state index is 0.0777. The van der Waals surface area contributed by atoms with E-state index < -0.39 is 0 Å². The predicted octanol–water partition coefficient (Wildman–Crippen LogP) is 3.60. The van der Waals surface area contributed by atoms with E-state index in [1.807, 2.05) is 35.4 Å². The Bertz CT molecular complexity index is 943. The van der Waals surface area contributed by atoms with Crippen LogP contribution in [0, 0.1) is 0 Å². The summed E-state index contributed by atoms with van der Waals surface area (Å²) in [5, 5.41) is 0. The number of amides is 1. The second-order valence-corrected chi connectivity index (χ2v) is 7.52.